The molecule has 0 saturated heterocycles. The maximum atomic E-state index is 13.2. The molecule has 138 valence electrons. The van der Waals surface area contributed by atoms with Crippen LogP contribution in [0.3, 0.4) is 0 Å². The van der Waals surface area contributed by atoms with Crippen molar-refractivity contribution in [3.05, 3.63) is 100 Å². The van der Waals surface area contributed by atoms with Crippen LogP contribution in [0.1, 0.15) is 11.1 Å². The van der Waals surface area contributed by atoms with Crippen LogP contribution in [-0.2, 0) is 4.79 Å². The lowest BCUT2D eigenvalue weighted by molar-refractivity contribution is -0.113. The molecule has 0 bridgehead atoms. The Bertz CT molecular complexity index is 1070. The van der Waals surface area contributed by atoms with E-state index in [1.165, 1.54) is 0 Å². The van der Waals surface area contributed by atoms with E-state index in [1.54, 1.807) is 18.1 Å². The van der Waals surface area contributed by atoms with Crippen LogP contribution in [0.15, 0.2) is 94.0 Å². The summed E-state index contributed by atoms with van der Waals surface area (Å²) < 4.78 is 6.08. The van der Waals surface area contributed by atoms with Crippen molar-refractivity contribution >= 4 is 39.4 Å². The van der Waals surface area contributed by atoms with E-state index in [9.17, 15) is 4.79 Å². The van der Waals surface area contributed by atoms with Gasteiger partial charge in [0.1, 0.15) is 17.3 Å². The minimum Gasteiger partial charge on any atom is -0.497 e. The van der Waals surface area contributed by atoms with E-state index >= 15 is 0 Å². The van der Waals surface area contributed by atoms with Crippen molar-refractivity contribution in [3.8, 4) is 5.75 Å². The summed E-state index contributed by atoms with van der Waals surface area (Å²) in [6.45, 7) is 0. The molecule has 0 radical (unpaired) electrons. The second-order valence-electron chi connectivity index (χ2n) is 6.19. The predicted molar refractivity (Wildman–Crippen MR) is 116 cm³/mol. The summed E-state index contributed by atoms with van der Waals surface area (Å²) in [6, 6.07) is 24.8. The highest BCUT2D eigenvalue weighted by Crippen LogP contribution is 2.30. The average molecular weight is 433 g/mol. The smallest absolute Gasteiger partial charge is 0.282 e. The van der Waals surface area contributed by atoms with Crippen LogP contribution in [-0.4, -0.2) is 18.9 Å². The summed E-state index contributed by atoms with van der Waals surface area (Å²) in [6.07, 6.45) is 1.79. The van der Waals surface area contributed by atoms with Gasteiger partial charge < -0.3 is 4.74 Å². The van der Waals surface area contributed by atoms with Crippen molar-refractivity contribution < 1.29 is 9.53 Å². The van der Waals surface area contributed by atoms with E-state index in [0.717, 1.165) is 27.0 Å². The van der Waals surface area contributed by atoms with Gasteiger partial charge in [-0.2, -0.15) is 0 Å². The number of rotatable bonds is 4. The number of hydrogen-bond donors (Lipinski definition) is 0. The Balaban J connectivity index is 1.81. The van der Waals surface area contributed by atoms with Crippen LogP contribution in [0.4, 0.5) is 5.69 Å². The molecule has 0 fully saturated rings. The highest BCUT2D eigenvalue weighted by molar-refractivity contribution is 9.10. The highest BCUT2D eigenvalue weighted by atomic mass is 79.9. The number of anilines is 1. The van der Waals surface area contributed by atoms with E-state index in [0.29, 0.717) is 11.5 Å². The van der Waals surface area contributed by atoms with E-state index < -0.39 is 0 Å². The Morgan fingerprint density at radius 2 is 1.61 bits per heavy atom. The number of hydrogen-bond acceptors (Lipinski definition) is 3. The minimum absolute atomic E-state index is 0.159. The van der Waals surface area contributed by atoms with Crippen LogP contribution >= 0.6 is 15.9 Å². The zero-order valence-corrected chi connectivity index (χ0v) is 16.8. The quantitative estimate of drug-likeness (QED) is 0.525. The number of para-hydroxylation sites is 1. The van der Waals surface area contributed by atoms with Gasteiger partial charge >= 0.3 is 0 Å². The van der Waals surface area contributed by atoms with Gasteiger partial charge in [-0.1, -0.05) is 64.5 Å². The molecule has 1 aliphatic rings. The van der Waals surface area contributed by atoms with Crippen molar-refractivity contribution in [2.75, 3.05) is 12.0 Å². The van der Waals surface area contributed by atoms with Crippen molar-refractivity contribution in [2.45, 2.75) is 0 Å². The van der Waals surface area contributed by atoms with Crippen LogP contribution in [0.25, 0.3) is 6.08 Å². The molecule has 1 heterocycles. The molecule has 1 amide bonds. The van der Waals surface area contributed by atoms with E-state index in [2.05, 4.69) is 20.9 Å². The zero-order chi connectivity index (χ0) is 19.5. The molecular formula is C23H17BrN2O2. The first-order valence-corrected chi connectivity index (χ1v) is 9.55. The van der Waals surface area contributed by atoms with Crippen molar-refractivity contribution in [2.24, 2.45) is 4.99 Å². The highest BCUT2D eigenvalue weighted by Gasteiger charge is 2.33. The van der Waals surface area contributed by atoms with Gasteiger partial charge in [-0.3, -0.25) is 9.69 Å². The van der Waals surface area contributed by atoms with Crippen LogP contribution in [0.5, 0.6) is 5.75 Å². The Hall–Kier alpha value is -3.18. The molecule has 28 heavy (non-hydrogen) atoms. The summed E-state index contributed by atoms with van der Waals surface area (Å²) in [5.74, 6) is 1.21. The standard InChI is InChI=1S/C23H17BrN2O2/c1-28-18-13-11-16(12-14-18)15-21-23(27)26(17-7-3-2-4-8-17)22(25-21)19-9-5-6-10-20(19)24/h2-15H,1H3/b21-15+. The summed E-state index contributed by atoms with van der Waals surface area (Å²) >= 11 is 3.58. The second-order valence-corrected chi connectivity index (χ2v) is 7.05. The number of halogens is 1. The molecule has 5 heteroatoms. The van der Waals surface area contributed by atoms with Crippen LogP contribution in [0, 0.1) is 0 Å². The number of carbonyl (C=O) groups is 1. The van der Waals surface area contributed by atoms with Crippen molar-refractivity contribution in [1.29, 1.82) is 0 Å². The molecule has 4 nitrogen and oxygen atoms in total. The third-order valence-electron chi connectivity index (χ3n) is 4.41. The van der Waals surface area contributed by atoms with Crippen molar-refractivity contribution in [3.63, 3.8) is 0 Å². The molecule has 0 aromatic heterocycles. The number of carbonyl (C=O) groups excluding carboxylic acids is 1. The van der Waals surface area contributed by atoms with Gasteiger partial charge in [0.2, 0.25) is 0 Å². The predicted octanol–water partition coefficient (Wildman–Crippen LogP) is 5.29. The normalized spacial score (nSPS) is 15.1. The number of benzene rings is 3. The Kier molecular flexibility index (Phi) is 5.08. The molecule has 3 aromatic rings. The van der Waals surface area contributed by atoms with Gasteiger partial charge in [0.05, 0.1) is 12.8 Å². The molecule has 0 atom stereocenters. The number of amides is 1. The van der Waals surface area contributed by atoms with E-state index in [4.69, 9.17) is 4.74 Å². The molecule has 3 aromatic carbocycles. The first-order chi connectivity index (χ1) is 13.7. The molecule has 4 rings (SSSR count). The number of aliphatic imine (C=N–C) groups is 1. The molecule has 1 aliphatic heterocycles. The molecule has 0 N–H and O–H groups in total. The monoisotopic (exact) mass is 432 g/mol. The summed E-state index contributed by atoms with van der Waals surface area (Å²) in [7, 11) is 1.62. The first kappa shape index (κ1) is 18.2. The van der Waals surface area contributed by atoms with Gasteiger partial charge in [-0.05, 0) is 42.0 Å². The second kappa shape index (κ2) is 7.82. The molecule has 0 aliphatic carbocycles. The third kappa shape index (κ3) is 3.49. The SMILES string of the molecule is COc1ccc(/C=C2/N=C(c3ccccc3Br)N(c3ccccc3)C2=O)cc1. The van der Waals surface area contributed by atoms with Gasteiger partial charge in [-0.15, -0.1) is 0 Å². The fraction of sp³-hybridized carbons (Fsp3) is 0.0435. The fourth-order valence-corrected chi connectivity index (χ4v) is 3.48. The molecule has 0 unspecified atom stereocenters. The molecular weight excluding hydrogens is 416 g/mol. The lowest BCUT2D eigenvalue weighted by Crippen LogP contribution is -2.32. The Labute approximate surface area is 171 Å². The van der Waals surface area contributed by atoms with Gasteiger partial charge in [0.15, 0.2) is 0 Å². The van der Waals surface area contributed by atoms with E-state index in [-0.39, 0.29) is 5.91 Å². The fourth-order valence-electron chi connectivity index (χ4n) is 3.01. The third-order valence-corrected chi connectivity index (χ3v) is 5.10. The number of amidine groups is 1. The first-order valence-electron chi connectivity index (χ1n) is 8.76. The maximum absolute atomic E-state index is 13.2. The van der Waals surface area contributed by atoms with Gasteiger partial charge in [0, 0.05) is 10.0 Å². The van der Waals surface area contributed by atoms with E-state index in [1.807, 2.05) is 78.9 Å². The van der Waals surface area contributed by atoms with Crippen molar-refractivity contribution in [1.82, 2.24) is 0 Å². The minimum atomic E-state index is -0.159. The summed E-state index contributed by atoms with van der Waals surface area (Å²) in [4.78, 5) is 19.6. The largest absolute Gasteiger partial charge is 0.497 e. The summed E-state index contributed by atoms with van der Waals surface area (Å²) in [5.41, 5.74) is 2.91. The Morgan fingerprint density at radius 3 is 2.29 bits per heavy atom. The lowest BCUT2D eigenvalue weighted by atomic mass is 10.1. The number of ether oxygens (including phenoxy) is 1. The van der Waals surface area contributed by atoms with Gasteiger partial charge in [0.25, 0.3) is 5.91 Å². The number of nitrogens with zero attached hydrogens (tertiary/aromatic N) is 2. The maximum Gasteiger partial charge on any atom is 0.282 e. The van der Waals surface area contributed by atoms with Crippen LogP contribution < -0.4 is 9.64 Å². The average Bonchev–Trinajstić information content (AvgIpc) is 3.05. The lowest BCUT2D eigenvalue weighted by Gasteiger charge is -2.19. The van der Waals surface area contributed by atoms with Crippen LogP contribution in [0.2, 0.25) is 0 Å². The molecule has 0 spiro atoms. The topological polar surface area (TPSA) is 41.9 Å². The zero-order valence-electron chi connectivity index (χ0n) is 15.2. The number of methoxy groups -OCH3 is 1. The molecule has 0 saturated carbocycles. The Morgan fingerprint density at radius 1 is 0.929 bits per heavy atom. The summed E-state index contributed by atoms with van der Waals surface area (Å²) in [5, 5.41) is 0. The van der Waals surface area contributed by atoms with Gasteiger partial charge in [-0.25, -0.2) is 4.99 Å².